The maximum Gasteiger partial charge on any atom is 0.221 e. The van der Waals surface area contributed by atoms with Gasteiger partial charge in [-0.15, -0.1) is 0 Å². The second-order valence-corrected chi connectivity index (χ2v) is 7.84. The number of nitrogens with one attached hydrogen (secondary N) is 2. The summed E-state index contributed by atoms with van der Waals surface area (Å²) in [6.45, 7) is 0.0427. The summed E-state index contributed by atoms with van der Waals surface area (Å²) in [4.78, 5) is 16.2. The third-order valence-electron chi connectivity index (χ3n) is 3.98. The van der Waals surface area contributed by atoms with Crippen LogP contribution in [0.25, 0.3) is 0 Å². The molecule has 0 radical (unpaired) electrons. The van der Waals surface area contributed by atoms with Gasteiger partial charge in [0.05, 0.1) is 31.7 Å². The number of aliphatic hydroxyl groups excluding tert-OH is 1. The van der Waals surface area contributed by atoms with Gasteiger partial charge in [0.2, 0.25) is 15.9 Å². The van der Waals surface area contributed by atoms with Crippen molar-refractivity contribution < 1.29 is 23.1 Å². The van der Waals surface area contributed by atoms with Crippen molar-refractivity contribution in [3.8, 4) is 5.75 Å². The van der Waals surface area contributed by atoms with Gasteiger partial charge in [0.15, 0.2) is 0 Å². The van der Waals surface area contributed by atoms with Gasteiger partial charge >= 0.3 is 0 Å². The highest BCUT2D eigenvalue weighted by atomic mass is 32.2. The number of sulfonamides is 1. The van der Waals surface area contributed by atoms with Gasteiger partial charge in [0, 0.05) is 19.2 Å². The van der Waals surface area contributed by atoms with E-state index in [-0.39, 0.29) is 36.9 Å². The van der Waals surface area contributed by atoms with Crippen molar-refractivity contribution >= 4 is 15.9 Å². The molecule has 1 aromatic rings. The molecule has 0 spiro atoms. The summed E-state index contributed by atoms with van der Waals surface area (Å²) in [7, 11) is -1.78. The molecule has 1 heterocycles. The Morgan fingerprint density at radius 2 is 2.17 bits per heavy atom. The lowest BCUT2D eigenvalue weighted by Crippen LogP contribution is -2.42. The number of carbonyl (C=O) groups is 1. The molecule has 1 aliphatic rings. The molecular weight excluding hydrogens is 334 g/mol. The van der Waals surface area contributed by atoms with E-state index in [0.29, 0.717) is 18.6 Å². The molecule has 0 bridgehead atoms. The van der Waals surface area contributed by atoms with Crippen LogP contribution in [0.1, 0.15) is 30.9 Å². The van der Waals surface area contributed by atoms with Gasteiger partial charge in [-0.3, -0.25) is 9.78 Å². The molecule has 9 heteroatoms. The normalized spacial score (nSPS) is 21.6. The van der Waals surface area contributed by atoms with Gasteiger partial charge in [-0.2, -0.15) is 0 Å². The monoisotopic (exact) mass is 357 g/mol. The first-order valence-electron chi connectivity index (χ1n) is 7.69. The summed E-state index contributed by atoms with van der Waals surface area (Å²) in [6, 6.07) is 1.51. The second kappa shape index (κ2) is 7.91. The highest BCUT2D eigenvalue weighted by Crippen LogP contribution is 2.38. The van der Waals surface area contributed by atoms with E-state index in [4.69, 9.17) is 4.74 Å². The molecule has 1 fully saturated rings. The Morgan fingerprint density at radius 1 is 1.46 bits per heavy atom. The number of amides is 1. The van der Waals surface area contributed by atoms with Crippen molar-refractivity contribution in [1.29, 1.82) is 0 Å². The Bertz CT molecular complexity index is 673. The summed E-state index contributed by atoms with van der Waals surface area (Å²) < 4.78 is 29.5. The van der Waals surface area contributed by atoms with Gasteiger partial charge in [0.25, 0.3) is 0 Å². The Kier molecular flexibility index (Phi) is 6.14. The molecule has 2 rings (SSSR count). The zero-order valence-corrected chi connectivity index (χ0v) is 14.5. The van der Waals surface area contributed by atoms with Crippen LogP contribution in [0.15, 0.2) is 18.5 Å². The van der Waals surface area contributed by atoms with Crippen LogP contribution in [-0.2, 0) is 14.8 Å². The molecule has 1 atom stereocenters. The molecule has 8 nitrogen and oxygen atoms in total. The fourth-order valence-electron chi connectivity index (χ4n) is 2.69. The molecule has 3 N–H and O–H groups in total. The number of hydrogen-bond donors (Lipinski definition) is 3. The molecule has 1 amide bonds. The fraction of sp³-hybridized carbons (Fsp3) is 0.600. The lowest BCUT2D eigenvalue weighted by atomic mass is 9.75. The summed E-state index contributed by atoms with van der Waals surface area (Å²) in [5.74, 6) is 0.437. The molecule has 1 saturated carbocycles. The van der Waals surface area contributed by atoms with Crippen molar-refractivity contribution in [1.82, 2.24) is 15.0 Å². The van der Waals surface area contributed by atoms with Crippen LogP contribution >= 0.6 is 0 Å². The van der Waals surface area contributed by atoms with E-state index in [1.54, 1.807) is 25.6 Å². The molecule has 24 heavy (non-hydrogen) atoms. The van der Waals surface area contributed by atoms with E-state index in [0.717, 1.165) is 11.8 Å². The zero-order valence-electron chi connectivity index (χ0n) is 13.7. The third-order valence-corrected chi connectivity index (χ3v) is 4.71. The van der Waals surface area contributed by atoms with Crippen LogP contribution in [-0.4, -0.2) is 50.4 Å². The van der Waals surface area contributed by atoms with Gasteiger partial charge in [0.1, 0.15) is 5.75 Å². The molecule has 1 aromatic heterocycles. The Hall–Kier alpha value is -1.71. The van der Waals surface area contributed by atoms with Crippen LogP contribution < -0.4 is 14.8 Å². The van der Waals surface area contributed by atoms with Crippen molar-refractivity contribution in [2.45, 2.75) is 31.4 Å². The van der Waals surface area contributed by atoms with E-state index in [1.165, 1.54) is 0 Å². The van der Waals surface area contributed by atoms with Crippen LogP contribution in [0.3, 0.4) is 0 Å². The Balaban J connectivity index is 2.02. The highest BCUT2D eigenvalue weighted by Gasteiger charge is 2.35. The minimum absolute atomic E-state index is 0.0379. The standard InChI is InChI=1S/C15H23N3O5S/c1-23-13-7-11(8-16-9-13)15(10-5-12(19)6-10)18-14(20)3-4-17-24(2,21)22/h7-10,12,15,17,19H,3-6H2,1-2H3,(H,18,20)/t10?,12?,15-/m1/s1. The molecule has 0 saturated heterocycles. The summed E-state index contributed by atoms with van der Waals surface area (Å²) in [5, 5.41) is 12.5. The van der Waals surface area contributed by atoms with Gasteiger partial charge in [-0.25, -0.2) is 13.1 Å². The van der Waals surface area contributed by atoms with E-state index >= 15 is 0 Å². The first kappa shape index (κ1) is 18.6. The quantitative estimate of drug-likeness (QED) is 0.601. The lowest BCUT2D eigenvalue weighted by Gasteiger charge is -2.38. The predicted octanol–water partition coefficient (Wildman–Crippen LogP) is -0.0423. The molecule has 1 aliphatic carbocycles. The Labute approximate surface area is 141 Å². The number of hydrogen-bond acceptors (Lipinski definition) is 6. The van der Waals surface area contributed by atoms with Crippen LogP contribution in [0.5, 0.6) is 5.75 Å². The fourth-order valence-corrected chi connectivity index (χ4v) is 3.16. The number of nitrogens with zero attached hydrogens (tertiary/aromatic N) is 1. The summed E-state index contributed by atoms with van der Waals surface area (Å²) >= 11 is 0. The molecule has 0 unspecified atom stereocenters. The average molecular weight is 357 g/mol. The molecule has 0 aliphatic heterocycles. The van der Waals surface area contributed by atoms with E-state index in [9.17, 15) is 18.3 Å². The molecular formula is C15H23N3O5S. The minimum atomic E-state index is -3.32. The summed E-state index contributed by atoms with van der Waals surface area (Å²) in [6.07, 6.45) is 5.18. The Morgan fingerprint density at radius 3 is 2.75 bits per heavy atom. The first-order chi connectivity index (χ1) is 11.3. The predicted molar refractivity (Wildman–Crippen MR) is 87.9 cm³/mol. The topological polar surface area (TPSA) is 118 Å². The van der Waals surface area contributed by atoms with Gasteiger partial charge in [-0.1, -0.05) is 0 Å². The average Bonchev–Trinajstić information content (AvgIpc) is 2.48. The van der Waals surface area contributed by atoms with E-state index < -0.39 is 10.0 Å². The maximum atomic E-state index is 12.1. The number of aliphatic hydroxyl groups is 1. The van der Waals surface area contributed by atoms with Crippen LogP contribution in [0.4, 0.5) is 0 Å². The first-order valence-corrected chi connectivity index (χ1v) is 9.58. The van der Waals surface area contributed by atoms with Crippen molar-refractivity contribution in [2.24, 2.45) is 5.92 Å². The lowest BCUT2D eigenvalue weighted by molar-refractivity contribution is -0.122. The minimum Gasteiger partial charge on any atom is -0.495 e. The smallest absolute Gasteiger partial charge is 0.221 e. The van der Waals surface area contributed by atoms with Crippen LogP contribution in [0, 0.1) is 5.92 Å². The third kappa shape index (κ3) is 5.43. The second-order valence-electron chi connectivity index (χ2n) is 6.01. The number of carbonyl (C=O) groups excluding carboxylic acids is 1. The number of pyridine rings is 1. The zero-order chi connectivity index (χ0) is 17.7. The van der Waals surface area contributed by atoms with Crippen molar-refractivity contribution in [3.05, 3.63) is 24.0 Å². The maximum absolute atomic E-state index is 12.1. The number of aromatic nitrogens is 1. The van der Waals surface area contributed by atoms with Crippen LogP contribution in [0.2, 0.25) is 0 Å². The number of methoxy groups -OCH3 is 1. The van der Waals surface area contributed by atoms with Gasteiger partial charge in [-0.05, 0) is 30.4 Å². The van der Waals surface area contributed by atoms with E-state index in [1.807, 2.05) is 0 Å². The number of rotatable bonds is 8. The SMILES string of the molecule is COc1cncc([C@H](NC(=O)CCNS(C)(=O)=O)C2CC(O)C2)c1. The number of ether oxygens (including phenoxy) is 1. The largest absolute Gasteiger partial charge is 0.495 e. The van der Waals surface area contributed by atoms with Gasteiger partial charge < -0.3 is 15.2 Å². The highest BCUT2D eigenvalue weighted by molar-refractivity contribution is 7.88. The summed E-state index contributed by atoms with van der Waals surface area (Å²) in [5.41, 5.74) is 0.802. The molecule has 134 valence electrons. The van der Waals surface area contributed by atoms with Crippen molar-refractivity contribution in [2.75, 3.05) is 19.9 Å². The van der Waals surface area contributed by atoms with Crippen molar-refractivity contribution in [3.63, 3.8) is 0 Å². The van der Waals surface area contributed by atoms with E-state index in [2.05, 4.69) is 15.0 Å². The molecule has 0 aromatic carbocycles.